The third kappa shape index (κ3) is 5.79. The number of hydrogen-bond acceptors (Lipinski definition) is 6. The Labute approximate surface area is 194 Å². The van der Waals surface area contributed by atoms with E-state index in [1.54, 1.807) is 28.0 Å². The molecule has 2 heterocycles. The molecule has 0 saturated carbocycles. The number of rotatable bonds is 7. The van der Waals surface area contributed by atoms with E-state index in [4.69, 9.17) is 11.6 Å². The van der Waals surface area contributed by atoms with E-state index in [0.717, 1.165) is 24.4 Å². The standard InChI is InChI=1S/C21H31ClN6O3S/c1-21(2,3)20(29)27-10-12-28(13-11-27)32(30,31)18-8-7-16(14-17(18)22)23-9-5-6-19-24-15-26(4)25-19/h7-8,14-15,23H,5-6,9-13H2,1-4H3. The molecule has 32 heavy (non-hydrogen) atoms. The number of benzene rings is 1. The average Bonchev–Trinajstić information content (AvgIpc) is 3.15. The molecule has 1 fully saturated rings. The van der Waals surface area contributed by atoms with Crippen LogP contribution in [-0.4, -0.2) is 71.0 Å². The van der Waals surface area contributed by atoms with Gasteiger partial charge in [-0.2, -0.15) is 9.40 Å². The van der Waals surface area contributed by atoms with Crippen molar-refractivity contribution in [3.63, 3.8) is 0 Å². The largest absolute Gasteiger partial charge is 0.385 e. The Hall–Kier alpha value is -2.17. The molecule has 0 radical (unpaired) electrons. The number of anilines is 1. The second-order valence-corrected chi connectivity index (χ2v) is 11.3. The second kappa shape index (κ2) is 9.76. The van der Waals surface area contributed by atoms with Gasteiger partial charge in [-0.05, 0) is 24.6 Å². The number of aromatic nitrogens is 3. The van der Waals surface area contributed by atoms with E-state index in [2.05, 4.69) is 15.4 Å². The molecule has 1 aliphatic rings. The SMILES string of the molecule is Cn1cnc(CCCNc2ccc(S(=O)(=O)N3CCN(C(=O)C(C)(C)C)CC3)c(Cl)c2)n1. The highest BCUT2D eigenvalue weighted by molar-refractivity contribution is 7.89. The fourth-order valence-corrected chi connectivity index (χ4v) is 5.48. The first kappa shape index (κ1) is 24.5. The molecule has 1 saturated heterocycles. The molecule has 0 atom stereocenters. The van der Waals surface area contributed by atoms with Crippen molar-refractivity contribution in [2.75, 3.05) is 38.0 Å². The van der Waals surface area contributed by atoms with Crippen molar-refractivity contribution in [3.8, 4) is 0 Å². The van der Waals surface area contributed by atoms with Crippen LogP contribution in [0.2, 0.25) is 5.02 Å². The minimum Gasteiger partial charge on any atom is -0.385 e. The van der Waals surface area contributed by atoms with Crippen LogP contribution in [0.5, 0.6) is 0 Å². The van der Waals surface area contributed by atoms with Gasteiger partial charge in [-0.25, -0.2) is 13.4 Å². The molecule has 0 spiro atoms. The molecular formula is C21H31ClN6O3S. The fourth-order valence-electron chi connectivity index (χ4n) is 3.54. The van der Waals surface area contributed by atoms with Crippen LogP contribution in [0.4, 0.5) is 5.69 Å². The molecule has 3 rings (SSSR count). The summed E-state index contributed by atoms with van der Waals surface area (Å²) >= 11 is 6.35. The molecule has 1 amide bonds. The summed E-state index contributed by atoms with van der Waals surface area (Å²) in [5.74, 6) is 0.819. The summed E-state index contributed by atoms with van der Waals surface area (Å²) in [6.45, 7) is 7.53. The van der Waals surface area contributed by atoms with Crippen LogP contribution < -0.4 is 5.32 Å². The topological polar surface area (TPSA) is 100 Å². The highest BCUT2D eigenvalue weighted by Crippen LogP contribution is 2.29. The number of nitrogens with one attached hydrogen (secondary N) is 1. The van der Waals surface area contributed by atoms with Gasteiger partial charge in [0.05, 0.1) is 5.02 Å². The normalized spacial score (nSPS) is 15.7. The summed E-state index contributed by atoms with van der Waals surface area (Å²) < 4.78 is 29.3. The van der Waals surface area contributed by atoms with E-state index in [9.17, 15) is 13.2 Å². The second-order valence-electron chi connectivity index (χ2n) is 8.96. The summed E-state index contributed by atoms with van der Waals surface area (Å²) in [6.07, 6.45) is 3.25. The van der Waals surface area contributed by atoms with E-state index in [0.29, 0.717) is 19.6 Å². The van der Waals surface area contributed by atoms with Crippen molar-refractivity contribution >= 4 is 33.2 Å². The Balaban J connectivity index is 1.57. The van der Waals surface area contributed by atoms with Crippen LogP contribution in [-0.2, 0) is 28.3 Å². The van der Waals surface area contributed by atoms with E-state index >= 15 is 0 Å². The number of amides is 1. The van der Waals surface area contributed by atoms with E-state index in [-0.39, 0.29) is 28.9 Å². The van der Waals surface area contributed by atoms with E-state index in [1.807, 2.05) is 27.8 Å². The van der Waals surface area contributed by atoms with Crippen molar-refractivity contribution in [1.29, 1.82) is 0 Å². The van der Waals surface area contributed by atoms with Crippen LogP contribution in [0.1, 0.15) is 33.0 Å². The van der Waals surface area contributed by atoms with Crippen LogP contribution in [0, 0.1) is 5.41 Å². The maximum atomic E-state index is 13.1. The Bertz CT molecular complexity index is 1060. The summed E-state index contributed by atoms with van der Waals surface area (Å²) in [6, 6.07) is 4.89. The lowest BCUT2D eigenvalue weighted by molar-refractivity contribution is -0.140. The molecule has 1 aromatic carbocycles. The third-order valence-electron chi connectivity index (χ3n) is 5.27. The number of hydrogen-bond donors (Lipinski definition) is 1. The monoisotopic (exact) mass is 482 g/mol. The predicted molar refractivity (Wildman–Crippen MR) is 124 cm³/mol. The Kier molecular flexibility index (Phi) is 7.46. The molecule has 1 aliphatic heterocycles. The first-order valence-electron chi connectivity index (χ1n) is 10.7. The van der Waals surface area contributed by atoms with E-state index in [1.165, 1.54) is 10.4 Å². The van der Waals surface area contributed by atoms with Gasteiger partial charge >= 0.3 is 0 Å². The minimum absolute atomic E-state index is 0.0295. The zero-order chi connectivity index (χ0) is 23.5. The van der Waals surface area contributed by atoms with Crippen molar-refractivity contribution in [2.24, 2.45) is 12.5 Å². The van der Waals surface area contributed by atoms with Crippen LogP contribution >= 0.6 is 11.6 Å². The van der Waals surface area contributed by atoms with Gasteiger partial charge in [0, 0.05) is 57.3 Å². The summed E-state index contributed by atoms with van der Waals surface area (Å²) in [5.41, 5.74) is 0.268. The molecule has 0 aliphatic carbocycles. The fraction of sp³-hybridized carbons (Fsp3) is 0.571. The van der Waals surface area contributed by atoms with Crippen molar-refractivity contribution in [1.82, 2.24) is 24.0 Å². The van der Waals surface area contributed by atoms with E-state index < -0.39 is 15.4 Å². The van der Waals surface area contributed by atoms with Gasteiger partial charge in [0.15, 0.2) is 5.82 Å². The quantitative estimate of drug-likeness (QED) is 0.608. The number of halogens is 1. The summed E-state index contributed by atoms with van der Waals surface area (Å²) in [7, 11) is -1.91. The highest BCUT2D eigenvalue weighted by atomic mass is 35.5. The lowest BCUT2D eigenvalue weighted by Gasteiger charge is -2.37. The minimum atomic E-state index is -3.74. The van der Waals surface area contributed by atoms with Crippen LogP contribution in [0.3, 0.4) is 0 Å². The zero-order valence-corrected chi connectivity index (χ0v) is 20.6. The number of carbonyl (C=O) groups excluding carboxylic acids is 1. The zero-order valence-electron chi connectivity index (χ0n) is 19.0. The number of sulfonamides is 1. The first-order valence-corrected chi connectivity index (χ1v) is 12.5. The van der Waals surface area contributed by atoms with Gasteiger partial charge in [-0.1, -0.05) is 32.4 Å². The predicted octanol–water partition coefficient (Wildman–Crippen LogP) is 2.39. The van der Waals surface area contributed by atoms with Crippen molar-refractivity contribution < 1.29 is 13.2 Å². The van der Waals surface area contributed by atoms with Gasteiger partial charge < -0.3 is 10.2 Å². The van der Waals surface area contributed by atoms with Crippen molar-refractivity contribution in [3.05, 3.63) is 35.4 Å². The summed E-state index contributed by atoms with van der Waals surface area (Å²) in [5, 5.41) is 7.67. The highest BCUT2D eigenvalue weighted by Gasteiger charge is 2.34. The number of carbonyl (C=O) groups is 1. The molecular weight excluding hydrogens is 452 g/mol. The smallest absolute Gasteiger partial charge is 0.244 e. The molecule has 1 aromatic heterocycles. The van der Waals surface area contributed by atoms with Crippen LogP contribution in [0.15, 0.2) is 29.4 Å². The van der Waals surface area contributed by atoms with Gasteiger partial charge in [0.25, 0.3) is 0 Å². The lowest BCUT2D eigenvalue weighted by atomic mass is 9.94. The van der Waals surface area contributed by atoms with Gasteiger partial charge in [-0.15, -0.1) is 0 Å². The Morgan fingerprint density at radius 2 is 1.88 bits per heavy atom. The van der Waals surface area contributed by atoms with Crippen LogP contribution in [0.25, 0.3) is 0 Å². The van der Waals surface area contributed by atoms with Gasteiger partial charge in [0.2, 0.25) is 15.9 Å². The Morgan fingerprint density at radius 1 is 1.19 bits per heavy atom. The molecule has 0 unspecified atom stereocenters. The van der Waals surface area contributed by atoms with Crippen molar-refractivity contribution in [2.45, 2.75) is 38.5 Å². The first-order chi connectivity index (χ1) is 15.0. The van der Waals surface area contributed by atoms with Gasteiger partial charge in [-0.3, -0.25) is 9.48 Å². The molecule has 176 valence electrons. The molecule has 11 heteroatoms. The van der Waals surface area contributed by atoms with Gasteiger partial charge in [0.1, 0.15) is 11.2 Å². The molecule has 9 nitrogen and oxygen atoms in total. The molecule has 1 N–H and O–H groups in total. The lowest BCUT2D eigenvalue weighted by Crippen LogP contribution is -2.52. The maximum Gasteiger partial charge on any atom is 0.244 e. The summed E-state index contributed by atoms with van der Waals surface area (Å²) in [4.78, 5) is 18.4. The molecule has 2 aromatic rings. The molecule has 0 bridgehead atoms. The third-order valence-corrected chi connectivity index (χ3v) is 7.65. The Morgan fingerprint density at radius 3 is 2.44 bits per heavy atom. The maximum absolute atomic E-state index is 13.1. The number of piperazine rings is 1. The average molecular weight is 483 g/mol. The number of aryl methyl sites for hydroxylation is 2. The number of nitrogens with zero attached hydrogens (tertiary/aromatic N) is 5.